The maximum Gasteiger partial charge on any atom is 0.251 e. The van der Waals surface area contributed by atoms with E-state index in [1.807, 2.05) is 6.55 Å². The highest BCUT2D eigenvalue weighted by atomic mass is 28.3. The van der Waals surface area contributed by atoms with Crippen LogP contribution in [0.4, 0.5) is 5.95 Å². The molecule has 1 aliphatic heterocycles. The van der Waals surface area contributed by atoms with Crippen LogP contribution in [0.25, 0.3) is 5.95 Å². The number of hydrogen-bond acceptors (Lipinski definition) is 6. The van der Waals surface area contributed by atoms with E-state index in [0.717, 1.165) is 24.5 Å². The Balaban J connectivity index is 1.98. The van der Waals surface area contributed by atoms with Crippen LogP contribution in [0, 0.1) is 0 Å². The van der Waals surface area contributed by atoms with Crippen molar-refractivity contribution in [2.45, 2.75) is 25.8 Å². The van der Waals surface area contributed by atoms with E-state index in [2.05, 4.69) is 25.0 Å². The van der Waals surface area contributed by atoms with Gasteiger partial charge in [-0.1, -0.05) is 6.55 Å². The average molecular weight is 288 g/mol. The first-order valence-corrected chi connectivity index (χ1v) is 8.92. The van der Waals surface area contributed by atoms with Crippen LogP contribution in [-0.4, -0.2) is 46.8 Å². The molecule has 2 aromatic heterocycles. The third-order valence-electron chi connectivity index (χ3n) is 3.33. The molecule has 0 saturated carbocycles. The van der Waals surface area contributed by atoms with Crippen LogP contribution in [0.3, 0.4) is 0 Å². The van der Waals surface area contributed by atoms with E-state index in [0.29, 0.717) is 5.95 Å². The predicted octanol–water partition coefficient (Wildman–Crippen LogP) is -0.165. The molecule has 105 valence electrons. The van der Waals surface area contributed by atoms with Crippen LogP contribution in [0.1, 0.15) is 19.3 Å². The number of hydrogen-bond donors (Lipinski definition) is 1. The lowest BCUT2D eigenvalue weighted by molar-refractivity contribution is 0.567. The lowest BCUT2D eigenvalue weighted by Crippen LogP contribution is -2.43. The van der Waals surface area contributed by atoms with Crippen LogP contribution < -0.4 is 15.7 Å². The molecule has 20 heavy (non-hydrogen) atoms. The molecule has 0 aromatic carbocycles. The van der Waals surface area contributed by atoms with Gasteiger partial charge in [-0.15, -0.1) is 5.10 Å². The first kappa shape index (κ1) is 13.2. The van der Waals surface area contributed by atoms with Crippen molar-refractivity contribution in [1.29, 1.82) is 0 Å². The zero-order valence-corrected chi connectivity index (χ0v) is 12.5. The van der Waals surface area contributed by atoms with Gasteiger partial charge in [0.15, 0.2) is 0 Å². The molecule has 1 aliphatic rings. The Kier molecular flexibility index (Phi) is 3.74. The number of nitrogens with two attached hydrogens (primary N) is 1. The van der Waals surface area contributed by atoms with Gasteiger partial charge in [-0.05, 0) is 25.3 Å². The summed E-state index contributed by atoms with van der Waals surface area (Å²) in [5, 5.41) is 10.7. The SMILES string of the molecule is C[Si](N)c1nc(N2CCCCC2)nn1-c1ncccn1. The molecule has 1 radical (unpaired) electrons. The second-order valence-corrected chi connectivity index (χ2v) is 6.74. The molecule has 8 heteroatoms. The molecule has 0 atom stereocenters. The number of anilines is 1. The summed E-state index contributed by atoms with van der Waals surface area (Å²) in [4.78, 5) is 15.3. The zero-order chi connectivity index (χ0) is 13.9. The number of piperidine rings is 1. The summed E-state index contributed by atoms with van der Waals surface area (Å²) in [5.74, 6) is 1.29. The van der Waals surface area contributed by atoms with Crippen LogP contribution >= 0.6 is 0 Å². The van der Waals surface area contributed by atoms with Crippen molar-refractivity contribution < 1.29 is 0 Å². The minimum absolute atomic E-state index is 0.535. The molecular formula is C12H18N7Si. The van der Waals surface area contributed by atoms with Crippen LogP contribution in [0.15, 0.2) is 18.5 Å². The average Bonchev–Trinajstić information content (AvgIpc) is 2.94. The molecular weight excluding hydrogens is 270 g/mol. The minimum atomic E-state index is -1.22. The van der Waals surface area contributed by atoms with Gasteiger partial charge in [0.2, 0.25) is 14.9 Å². The van der Waals surface area contributed by atoms with Gasteiger partial charge in [-0.2, -0.15) is 4.68 Å². The van der Waals surface area contributed by atoms with Crippen molar-refractivity contribution in [1.82, 2.24) is 24.7 Å². The minimum Gasteiger partial charge on any atom is -0.346 e. The topological polar surface area (TPSA) is 85.8 Å². The quantitative estimate of drug-likeness (QED) is 0.790. The number of aromatic nitrogens is 5. The number of nitrogens with zero attached hydrogens (tertiary/aromatic N) is 6. The lowest BCUT2D eigenvalue weighted by atomic mass is 10.1. The summed E-state index contributed by atoms with van der Waals surface area (Å²) in [6.07, 6.45) is 7.07. The third-order valence-corrected chi connectivity index (χ3v) is 4.36. The summed E-state index contributed by atoms with van der Waals surface area (Å²) in [6.45, 7) is 4.01. The van der Waals surface area contributed by atoms with Crippen molar-refractivity contribution in [3.8, 4) is 5.95 Å². The van der Waals surface area contributed by atoms with E-state index in [4.69, 9.17) is 5.40 Å². The highest BCUT2D eigenvalue weighted by molar-refractivity contribution is 6.67. The standard InChI is InChI=1S/C12H18N7Si/c1-20(13)12-16-11(18-8-3-2-4-9-18)17-19(12)10-14-6-5-7-15-10/h5-7H,2-4,8-9,13H2,1H3. The summed E-state index contributed by atoms with van der Waals surface area (Å²) >= 11 is 0. The van der Waals surface area contributed by atoms with Crippen molar-refractivity contribution in [2.24, 2.45) is 5.40 Å². The molecule has 0 unspecified atom stereocenters. The zero-order valence-electron chi connectivity index (χ0n) is 11.5. The van der Waals surface area contributed by atoms with Gasteiger partial charge in [0, 0.05) is 25.5 Å². The van der Waals surface area contributed by atoms with Gasteiger partial charge >= 0.3 is 0 Å². The van der Waals surface area contributed by atoms with E-state index < -0.39 is 8.96 Å². The van der Waals surface area contributed by atoms with E-state index in [1.165, 1.54) is 19.3 Å². The molecule has 0 aliphatic carbocycles. The van der Waals surface area contributed by atoms with Gasteiger partial charge in [0.1, 0.15) is 5.45 Å². The summed E-state index contributed by atoms with van der Waals surface area (Å²) in [5.41, 5.74) is 0.793. The van der Waals surface area contributed by atoms with E-state index in [9.17, 15) is 0 Å². The molecule has 0 spiro atoms. The predicted molar refractivity (Wildman–Crippen MR) is 78.5 cm³/mol. The Morgan fingerprint density at radius 3 is 2.45 bits per heavy atom. The van der Waals surface area contributed by atoms with Gasteiger partial charge in [0.25, 0.3) is 5.95 Å². The maximum atomic E-state index is 6.10. The van der Waals surface area contributed by atoms with E-state index in [1.54, 1.807) is 23.1 Å². The molecule has 1 saturated heterocycles. The van der Waals surface area contributed by atoms with Gasteiger partial charge in [-0.25, -0.2) is 15.0 Å². The van der Waals surface area contributed by atoms with Gasteiger partial charge < -0.3 is 10.3 Å². The Labute approximate surface area is 119 Å². The van der Waals surface area contributed by atoms with Gasteiger partial charge in [-0.3, -0.25) is 0 Å². The van der Waals surface area contributed by atoms with Crippen molar-refractivity contribution in [3.05, 3.63) is 18.5 Å². The van der Waals surface area contributed by atoms with Crippen LogP contribution in [0.5, 0.6) is 0 Å². The summed E-state index contributed by atoms with van der Waals surface area (Å²) < 4.78 is 1.69. The Morgan fingerprint density at radius 1 is 1.10 bits per heavy atom. The molecule has 2 N–H and O–H groups in total. The first-order chi connectivity index (χ1) is 9.75. The van der Waals surface area contributed by atoms with Crippen molar-refractivity contribution in [3.63, 3.8) is 0 Å². The smallest absolute Gasteiger partial charge is 0.251 e. The largest absolute Gasteiger partial charge is 0.346 e. The first-order valence-electron chi connectivity index (χ1n) is 6.84. The second kappa shape index (κ2) is 5.67. The summed E-state index contributed by atoms with van der Waals surface area (Å²) in [7, 11) is -1.22. The fourth-order valence-corrected chi connectivity index (χ4v) is 3.08. The van der Waals surface area contributed by atoms with Gasteiger partial charge in [0.05, 0.1) is 0 Å². The van der Waals surface area contributed by atoms with Crippen molar-refractivity contribution >= 4 is 20.4 Å². The summed E-state index contributed by atoms with van der Waals surface area (Å²) in [6, 6.07) is 1.78. The van der Waals surface area contributed by atoms with E-state index >= 15 is 0 Å². The van der Waals surface area contributed by atoms with Crippen LogP contribution in [0.2, 0.25) is 6.55 Å². The Morgan fingerprint density at radius 2 is 1.80 bits per heavy atom. The van der Waals surface area contributed by atoms with E-state index in [-0.39, 0.29) is 0 Å². The molecule has 0 bridgehead atoms. The lowest BCUT2D eigenvalue weighted by Gasteiger charge is -2.24. The molecule has 3 rings (SSSR count). The monoisotopic (exact) mass is 288 g/mol. The Hall–Kier alpha value is -1.80. The third kappa shape index (κ3) is 2.56. The fraction of sp³-hybridized carbons (Fsp3) is 0.500. The maximum absolute atomic E-state index is 6.10. The highest BCUT2D eigenvalue weighted by Gasteiger charge is 2.22. The highest BCUT2D eigenvalue weighted by Crippen LogP contribution is 2.15. The molecule has 1 fully saturated rings. The second-order valence-electron chi connectivity index (χ2n) is 4.93. The normalized spacial score (nSPS) is 15.8. The molecule has 0 amide bonds. The van der Waals surface area contributed by atoms with Crippen LogP contribution in [-0.2, 0) is 0 Å². The molecule has 7 nitrogen and oxygen atoms in total. The molecule has 2 aromatic rings. The van der Waals surface area contributed by atoms with Crippen molar-refractivity contribution in [2.75, 3.05) is 18.0 Å². The Bertz CT molecular complexity index is 562. The molecule has 3 heterocycles. The fourth-order valence-electron chi connectivity index (χ4n) is 2.32. The number of rotatable bonds is 3.